The zero-order chi connectivity index (χ0) is 40.3. The molecule has 0 unspecified atom stereocenters. The fourth-order valence-electron chi connectivity index (χ4n) is 10.2. The van der Waals surface area contributed by atoms with Gasteiger partial charge in [-0.1, -0.05) is 182 Å². The third kappa shape index (κ3) is 5.36. The predicted octanol–water partition coefficient (Wildman–Crippen LogP) is 15.9. The van der Waals surface area contributed by atoms with Crippen LogP contribution < -0.4 is 4.90 Å². The van der Waals surface area contributed by atoms with Crippen LogP contribution in [-0.4, -0.2) is 0 Å². The lowest BCUT2D eigenvalue weighted by Crippen LogP contribution is -2.28. The monoisotopic (exact) mass is 777 g/mol. The maximum Gasteiger partial charge on any atom is 0.143 e. The van der Waals surface area contributed by atoms with E-state index < -0.39 is 5.41 Å². The summed E-state index contributed by atoms with van der Waals surface area (Å²) < 4.78 is 6.95. The number of nitrogens with zero attached hydrogens (tertiary/aromatic N) is 1. The molecular formula is C59H39NO. The smallest absolute Gasteiger partial charge is 0.143 e. The van der Waals surface area contributed by atoms with Crippen LogP contribution in [0.5, 0.6) is 0 Å². The Morgan fingerprint density at radius 1 is 0.361 bits per heavy atom. The van der Waals surface area contributed by atoms with E-state index in [0.717, 1.165) is 60.9 Å². The van der Waals surface area contributed by atoms with Gasteiger partial charge in [0.2, 0.25) is 0 Å². The van der Waals surface area contributed by atoms with E-state index in [-0.39, 0.29) is 0 Å². The molecule has 1 aliphatic rings. The molecule has 0 N–H and O–H groups in total. The van der Waals surface area contributed by atoms with Crippen molar-refractivity contribution in [1.29, 1.82) is 0 Å². The van der Waals surface area contributed by atoms with Crippen LogP contribution in [0.4, 0.5) is 17.1 Å². The Morgan fingerprint density at radius 2 is 0.918 bits per heavy atom. The summed E-state index contributed by atoms with van der Waals surface area (Å²) in [7, 11) is 0. The molecule has 0 amide bonds. The van der Waals surface area contributed by atoms with Crippen LogP contribution in [0, 0.1) is 0 Å². The number of hydrogen-bond donors (Lipinski definition) is 0. The highest BCUT2D eigenvalue weighted by atomic mass is 16.3. The Hall–Kier alpha value is -7.94. The Morgan fingerprint density at radius 3 is 1.57 bits per heavy atom. The molecule has 0 bridgehead atoms. The molecule has 10 aromatic carbocycles. The number of benzene rings is 10. The zero-order valence-electron chi connectivity index (χ0n) is 33.4. The number of furan rings is 1. The number of hydrogen-bond acceptors (Lipinski definition) is 2. The van der Waals surface area contributed by atoms with E-state index in [2.05, 4.69) is 241 Å². The molecule has 0 atom stereocenters. The van der Waals surface area contributed by atoms with Crippen LogP contribution in [0.2, 0.25) is 0 Å². The Kier molecular flexibility index (Phi) is 8.11. The molecule has 1 aromatic heterocycles. The number of rotatable bonds is 7. The standard InChI is InChI=1S/C59H39NO/c1-6-21-40(22-7-1)50-37-41(38-53-56(50)48-33-18-19-34-52(48)59(53,42-23-8-2-9-24-42)43-25-10-3-11-26-43)49-39-51-57-54(60(44-27-12-4-13-28-44)45-29-14-5-15-30-45)35-20-36-55(57)61-58(51)47-32-17-16-31-46(47)49/h1-39H. The fourth-order valence-corrected chi connectivity index (χ4v) is 10.2. The largest absolute Gasteiger partial charge is 0.455 e. The maximum atomic E-state index is 6.95. The third-order valence-corrected chi connectivity index (χ3v) is 12.7. The summed E-state index contributed by atoms with van der Waals surface area (Å²) in [6.45, 7) is 0. The topological polar surface area (TPSA) is 16.4 Å². The molecule has 2 nitrogen and oxygen atoms in total. The van der Waals surface area contributed by atoms with Gasteiger partial charge in [0.15, 0.2) is 0 Å². The summed E-state index contributed by atoms with van der Waals surface area (Å²) >= 11 is 0. The molecule has 0 fully saturated rings. The van der Waals surface area contributed by atoms with Crippen molar-refractivity contribution in [1.82, 2.24) is 0 Å². The van der Waals surface area contributed by atoms with Gasteiger partial charge in [-0.25, -0.2) is 0 Å². The Labute approximate surface area is 355 Å². The van der Waals surface area contributed by atoms with Crippen molar-refractivity contribution in [3.63, 3.8) is 0 Å². The molecule has 1 aliphatic carbocycles. The highest BCUT2D eigenvalue weighted by Crippen LogP contribution is 2.59. The van der Waals surface area contributed by atoms with Crippen molar-refractivity contribution < 1.29 is 4.42 Å². The van der Waals surface area contributed by atoms with Gasteiger partial charge in [-0.2, -0.15) is 0 Å². The van der Waals surface area contributed by atoms with Crippen LogP contribution in [0.15, 0.2) is 241 Å². The first kappa shape index (κ1) is 35.0. The zero-order valence-corrected chi connectivity index (χ0v) is 33.4. The van der Waals surface area contributed by atoms with Crippen molar-refractivity contribution in [3.05, 3.63) is 259 Å². The molecule has 12 rings (SSSR count). The van der Waals surface area contributed by atoms with Gasteiger partial charge < -0.3 is 9.32 Å². The van der Waals surface area contributed by atoms with Gasteiger partial charge in [0.1, 0.15) is 11.2 Å². The molecule has 0 saturated carbocycles. The molecular weight excluding hydrogens is 739 g/mol. The molecule has 0 spiro atoms. The molecule has 0 aliphatic heterocycles. The molecule has 1 heterocycles. The van der Waals surface area contributed by atoms with E-state index >= 15 is 0 Å². The Bertz CT molecular complexity index is 3310. The van der Waals surface area contributed by atoms with E-state index in [4.69, 9.17) is 4.42 Å². The van der Waals surface area contributed by atoms with E-state index in [0.29, 0.717) is 0 Å². The summed E-state index contributed by atoms with van der Waals surface area (Å²) in [4.78, 5) is 2.35. The minimum absolute atomic E-state index is 0.560. The van der Waals surface area contributed by atoms with Gasteiger partial charge in [0, 0.05) is 22.1 Å². The van der Waals surface area contributed by atoms with E-state index in [1.807, 2.05) is 0 Å². The Balaban J connectivity index is 1.21. The second-order valence-electron chi connectivity index (χ2n) is 15.9. The first-order valence-corrected chi connectivity index (χ1v) is 21.0. The lowest BCUT2D eigenvalue weighted by Gasteiger charge is -2.34. The average Bonchev–Trinajstić information content (AvgIpc) is 3.87. The number of anilines is 3. The third-order valence-electron chi connectivity index (χ3n) is 12.7. The summed E-state index contributed by atoms with van der Waals surface area (Å²) in [5.41, 5.74) is 16.8. The molecule has 11 aromatic rings. The molecule has 2 heteroatoms. The van der Waals surface area contributed by atoms with E-state index in [1.165, 1.54) is 44.5 Å². The van der Waals surface area contributed by atoms with Crippen LogP contribution >= 0.6 is 0 Å². The SMILES string of the molecule is c1ccc(-c2cc(-c3cc4c(oc5cccc(N(c6ccccc6)c6ccccc6)c54)c4ccccc34)cc3c2-c2ccccc2C3(c2ccccc2)c2ccccc2)cc1. The van der Waals surface area contributed by atoms with Crippen molar-refractivity contribution in [3.8, 4) is 33.4 Å². The van der Waals surface area contributed by atoms with Gasteiger partial charge in [0.05, 0.1) is 16.5 Å². The van der Waals surface area contributed by atoms with Crippen molar-refractivity contribution >= 4 is 49.8 Å². The predicted molar refractivity (Wildman–Crippen MR) is 254 cm³/mol. The number of fused-ring (bicyclic) bond motifs is 8. The van der Waals surface area contributed by atoms with Gasteiger partial charge in [0.25, 0.3) is 0 Å². The summed E-state index contributed by atoms with van der Waals surface area (Å²) in [5.74, 6) is 0. The van der Waals surface area contributed by atoms with Gasteiger partial charge in [-0.15, -0.1) is 0 Å². The first-order chi connectivity index (χ1) is 30.3. The molecule has 61 heavy (non-hydrogen) atoms. The summed E-state index contributed by atoms with van der Waals surface area (Å²) in [6.07, 6.45) is 0. The van der Waals surface area contributed by atoms with Crippen molar-refractivity contribution in [2.24, 2.45) is 0 Å². The van der Waals surface area contributed by atoms with Crippen molar-refractivity contribution in [2.45, 2.75) is 5.41 Å². The van der Waals surface area contributed by atoms with E-state index in [9.17, 15) is 0 Å². The lowest BCUT2D eigenvalue weighted by atomic mass is 9.67. The summed E-state index contributed by atoms with van der Waals surface area (Å²) in [6, 6.07) is 85.9. The van der Waals surface area contributed by atoms with Crippen LogP contribution in [0.1, 0.15) is 22.3 Å². The molecule has 0 saturated heterocycles. The highest BCUT2D eigenvalue weighted by molar-refractivity contribution is 6.22. The minimum atomic E-state index is -0.560. The fraction of sp³-hybridized carbons (Fsp3) is 0.0169. The second-order valence-corrected chi connectivity index (χ2v) is 15.9. The average molecular weight is 778 g/mol. The summed E-state index contributed by atoms with van der Waals surface area (Å²) in [5, 5.41) is 4.40. The quantitative estimate of drug-likeness (QED) is 0.160. The molecule has 286 valence electrons. The number of para-hydroxylation sites is 2. The second kappa shape index (κ2) is 14.1. The highest BCUT2D eigenvalue weighted by Gasteiger charge is 2.47. The van der Waals surface area contributed by atoms with Gasteiger partial charge >= 0.3 is 0 Å². The first-order valence-electron chi connectivity index (χ1n) is 21.0. The van der Waals surface area contributed by atoms with Crippen LogP contribution in [-0.2, 0) is 5.41 Å². The lowest BCUT2D eigenvalue weighted by molar-refractivity contribution is 0.672. The minimum Gasteiger partial charge on any atom is -0.455 e. The van der Waals surface area contributed by atoms with Gasteiger partial charge in [-0.05, 0) is 116 Å². The van der Waals surface area contributed by atoms with E-state index in [1.54, 1.807) is 0 Å². The van der Waals surface area contributed by atoms with Crippen LogP contribution in [0.25, 0.3) is 66.1 Å². The maximum absolute atomic E-state index is 6.95. The van der Waals surface area contributed by atoms with Gasteiger partial charge in [-0.3, -0.25) is 0 Å². The molecule has 0 radical (unpaired) electrons. The van der Waals surface area contributed by atoms with Crippen molar-refractivity contribution in [2.75, 3.05) is 4.90 Å². The normalized spacial score (nSPS) is 12.7. The van der Waals surface area contributed by atoms with Crippen LogP contribution in [0.3, 0.4) is 0 Å².